The van der Waals surface area contributed by atoms with Crippen LogP contribution in [0.5, 0.6) is 0 Å². The molecule has 1 heterocycles. The second-order valence-corrected chi connectivity index (χ2v) is 4.54. The number of benzene rings is 1. The van der Waals surface area contributed by atoms with Gasteiger partial charge in [-0.1, -0.05) is 15.9 Å². The summed E-state index contributed by atoms with van der Waals surface area (Å²) in [5.74, 6) is 0. The highest BCUT2D eigenvalue weighted by molar-refractivity contribution is 9.10. The predicted octanol–water partition coefficient (Wildman–Crippen LogP) is 3.04. The molecule has 3 heteroatoms. The van der Waals surface area contributed by atoms with E-state index in [0.717, 1.165) is 23.2 Å². The number of hydrogen-bond donors (Lipinski definition) is 1. The van der Waals surface area contributed by atoms with Crippen molar-refractivity contribution in [2.24, 2.45) is 0 Å². The van der Waals surface area contributed by atoms with Gasteiger partial charge in [-0.2, -0.15) is 0 Å². The molecule has 1 saturated heterocycles. The normalized spacial score (nSPS) is 26.4. The summed E-state index contributed by atoms with van der Waals surface area (Å²) < 4.78 is 6.60. The third-order valence-corrected chi connectivity index (χ3v) is 3.10. The molecule has 1 aliphatic rings. The van der Waals surface area contributed by atoms with Crippen molar-refractivity contribution in [2.75, 3.05) is 11.9 Å². The number of anilines is 1. The fourth-order valence-corrected chi connectivity index (χ4v) is 1.95. The molecule has 1 fully saturated rings. The van der Waals surface area contributed by atoms with Gasteiger partial charge in [-0.15, -0.1) is 0 Å². The molecular weight excluding hydrogens is 242 g/mol. The van der Waals surface area contributed by atoms with Gasteiger partial charge in [0.05, 0.1) is 12.1 Å². The van der Waals surface area contributed by atoms with Gasteiger partial charge in [0, 0.05) is 16.8 Å². The molecule has 0 radical (unpaired) electrons. The van der Waals surface area contributed by atoms with E-state index in [2.05, 4.69) is 40.3 Å². The molecule has 0 amide bonds. The maximum atomic E-state index is 5.49. The Morgan fingerprint density at radius 1 is 1.36 bits per heavy atom. The quantitative estimate of drug-likeness (QED) is 0.878. The number of rotatable bonds is 2. The lowest BCUT2D eigenvalue weighted by Crippen LogP contribution is -2.26. The zero-order chi connectivity index (χ0) is 9.97. The zero-order valence-electron chi connectivity index (χ0n) is 8.16. The Kier molecular flexibility index (Phi) is 3.08. The summed E-state index contributed by atoms with van der Waals surface area (Å²) in [6.07, 6.45) is 1.41. The Morgan fingerprint density at radius 2 is 2.07 bits per heavy atom. The number of hydrogen-bond acceptors (Lipinski definition) is 2. The Morgan fingerprint density at radius 3 is 2.64 bits per heavy atom. The van der Waals surface area contributed by atoms with Gasteiger partial charge in [-0.25, -0.2) is 0 Å². The van der Waals surface area contributed by atoms with E-state index in [0.29, 0.717) is 12.1 Å². The molecule has 1 aromatic rings. The number of ether oxygens (including phenoxy) is 1. The first kappa shape index (κ1) is 9.99. The van der Waals surface area contributed by atoms with E-state index in [9.17, 15) is 0 Å². The average molecular weight is 256 g/mol. The number of halogens is 1. The van der Waals surface area contributed by atoms with Crippen molar-refractivity contribution in [1.82, 2.24) is 0 Å². The molecular formula is C11H14BrNO. The van der Waals surface area contributed by atoms with Crippen molar-refractivity contribution >= 4 is 21.6 Å². The molecule has 0 saturated carbocycles. The van der Waals surface area contributed by atoms with E-state index in [1.54, 1.807) is 0 Å². The molecule has 1 N–H and O–H groups in total. The maximum absolute atomic E-state index is 5.49. The van der Waals surface area contributed by atoms with Crippen LogP contribution in [0.2, 0.25) is 0 Å². The van der Waals surface area contributed by atoms with E-state index < -0.39 is 0 Å². The third kappa shape index (κ3) is 2.28. The second kappa shape index (κ2) is 4.32. The van der Waals surface area contributed by atoms with Gasteiger partial charge in [0.25, 0.3) is 0 Å². The second-order valence-electron chi connectivity index (χ2n) is 3.62. The lowest BCUT2D eigenvalue weighted by Gasteiger charge is -2.17. The standard InChI is InChI=1S/C11H14BrNO/c1-8-11(6-7-14-8)13-10-4-2-9(12)3-5-10/h2-5,8,11,13H,6-7H2,1H3/t8-,11+/m0/s1. The minimum absolute atomic E-state index is 0.318. The first-order valence-electron chi connectivity index (χ1n) is 4.89. The highest BCUT2D eigenvalue weighted by Crippen LogP contribution is 2.20. The lowest BCUT2D eigenvalue weighted by atomic mass is 10.1. The summed E-state index contributed by atoms with van der Waals surface area (Å²) in [6, 6.07) is 8.70. The largest absolute Gasteiger partial charge is 0.380 e. The highest BCUT2D eigenvalue weighted by atomic mass is 79.9. The Balaban J connectivity index is 2.00. The van der Waals surface area contributed by atoms with Crippen LogP contribution in [0.25, 0.3) is 0 Å². The molecule has 2 nitrogen and oxygen atoms in total. The van der Waals surface area contributed by atoms with Crippen molar-refractivity contribution < 1.29 is 4.74 Å². The summed E-state index contributed by atoms with van der Waals surface area (Å²) >= 11 is 3.42. The van der Waals surface area contributed by atoms with E-state index in [4.69, 9.17) is 4.74 Å². The zero-order valence-corrected chi connectivity index (χ0v) is 9.75. The van der Waals surface area contributed by atoms with Gasteiger partial charge in [-0.3, -0.25) is 0 Å². The van der Waals surface area contributed by atoms with E-state index in [-0.39, 0.29) is 0 Å². The summed E-state index contributed by atoms with van der Waals surface area (Å²) in [5.41, 5.74) is 1.16. The summed E-state index contributed by atoms with van der Waals surface area (Å²) in [4.78, 5) is 0. The fourth-order valence-electron chi connectivity index (χ4n) is 1.68. The summed E-state index contributed by atoms with van der Waals surface area (Å²) in [5, 5.41) is 3.47. The topological polar surface area (TPSA) is 21.3 Å². The predicted molar refractivity (Wildman–Crippen MR) is 61.6 cm³/mol. The molecule has 76 valence electrons. The smallest absolute Gasteiger partial charge is 0.0748 e. The van der Waals surface area contributed by atoms with Crippen molar-refractivity contribution in [2.45, 2.75) is 25.5 Å². The molecule has 2 atom stereocenters. The van der Waals surface area contributed by atoms with Crippen LogP contribution in [0.3, 0.4) is 0 Å². The van der Waals surface area contributed by atoms with Crippen LogP contribution >= 0.6 is 15.9 Å². The van der Waals surface area contributed by atoms with Gasteiger partial charge in [0.1, 0.15) is 0 Å². The Labute approximate surface area is 92.8 Å². The molecule has 0 spiro atoms. The van der Waals surface area contributed by atoms with Gasteiger partial charge in [-0.05, 0) is 37.6 Å². The highest BCUT2D eigenvalue weighted by Gasteiger charge is 2.23. The van der Waals surface area contributed by atoms with Crippen LogP contribution < -0.4 is 5.32 Å². The van der Waals surface area contributed by atoms with Gasteiger partial charge >= 0.3 is 0 Å². The van der Waals surface area contributed by atoms with Crippen molar-refractivity contribution in [1.29, 1.82) is 0 Å². The maximum Gasteiger partial charge on any atom is 0.0748 e. The first-order chi connectivity index (χ1) is 6.75. The van der Waals surface area contributed by atoms with Crippen molar-refractivity contribution in [3.63, 3.8) is 0 Å². The Bertz CT molecular complexity index is 299. The molecule has 2 rings (SSSR count). The molecule has 0 unspecified atom stereocenters. The van der Waals surface area contributed by atoms with Gasteiger partial charge < -0.3 is 10.1 Å². The van der Waals surface area contributed by atoms with Crippen LogP contribution in [0.4, 0.5) is 5.69 Å². The van der Waals surface area contributed by atoms with Crippen molar-refractivity contribution in [3.8, 4) is 0 Å². The van der Waals surface area contributed by atoms with E-state index in [1.807, 2.05) is 12.1 Å². The summed E-state index contributed by atoms with van der Waals surface area (Å²) in [6.45, 7) is 2.99. The van der Waals surface area contributed by atoms with Crippen molar-refractivity contribution in [3.05, 3.63) is 28.7 Å². The molecule has 1 aromatic carbocycles. The SMILES string of the molecule is C[C@@H]1OCC[C@H]1Nc1ccc(Br)cc1. The minimum atomic E-state index is 0.318. The summed E-state index contributed by atoms with van der Waals surface area (Å²) in [7, 11) is 0. The first-order valence-corrected chi connectivity index (χ1v) is 5.69. The lowest BCUT2D eigenvalue weighted by molar-refractivity contribution is 0.121. The van der Waals surface area contributed by atoms with Gasteiger partial charge in [0.15, 0.2) is 0 Å². The average Bonchev–Trinajstić information content (AvgIpc) is 2.56. The fraction of sp³-hybridized carbons (Fsp3) is 0.455. The van der Waals surface area contributed by atoms with E-state index in [1.165, 1.54) is 0 Å². The Hall–Kier alpha value is -0.540. The monoisotopic (exact) mass is 255 g/mol. The molecule has 1 aliphatic heterocycles. The molecule has 0 bridgehead atoms. The van der Waals surface area contributed by atoms with Crippen LogP contribution in [0, 0.1) is 0 Å². The molecule has 14 heavy (non-hydrogen) atoms. The van der Waals surface area contributed by atoms with Crippen LogP contribution in [0.1, 0.15) is 13.3 Å². The molecule has 0 aromatic heterocycles. The third-order valence-electron chi connectivity index (χ3n) is 2.57. The van der Waals surface area contributed by atoms with Gasteiger partial charge in [0.2, 0.25) is 0 Å². The molecule has 0 aliphatic carbocycles. The van der Waals surface area contributed by atoms with Crippen LogP contribution in [-0.2, 0) is 4.74 Å². The minimum Gasteiger partial charge on any atom is -0.380 e. The number of nitrogens with one attached hydrogen (secondary N) is 1. The van der Waals surface area contributed by atoms with Crippen LogP contribution in [-0.4, -0.2) is 18.8 Å². The van der Waals surface area contributed by atoms with E-state index >= 15 is 0 Å². The van der Waals surface area contributed by atoms with Crippen LogP contribution in [0.15, 0.2) is 28.7 Å².